The number of carbonyl (C=O) groups excluding carboxylic acids is 1. The Labute approximate surface area is 120 Å². The number of nitriles is 1. The van der Waals surface area contributed by atoms with Gasteiger partial charge in [0.1, 0.15) is 15.9 Å². The zero-order valence-electron chi connectivity index (χ0n) is 10.7. The number of anilines is 2. The van der Waals surface area contributed by atoms with E-state index < -0.39 is 5.91 Å². The van der Waals surface area contributed by atoms with Gasteiger partial charge in [-0.15, -0.1) is 11.3 Å². The molecule has 2 rings (SSSR count). The maximum absolute atomic E-state index is 11.6. The summed E-state index contributed by atoms with van der Waals surface area (Å²) < 4.78 is 0. The fourth-order valence-corrected chi connectivity index (χ4v) is 4.36. The van der Waals surface area contributed by atoms with Gasteiger partial charge in [0.05, 0.1) is 11.3 Å². The number of hydrogen-bond acceptors (Lipinski definition) is 6. The number of nitrogen functional groups attached to an aromatic ring is 1. The highest BCUT2D eigenvalue weighted by molar-refractivity contribution is 8.00. The summed E-state index contributed by atoms with van der Waals surface area (Å²) in [6, 6.07) is 2.03. The first-order valence-electron chi connectivity index (χ1n) is 6.07. The number of thiophene rings is 1. The second-order valence-electron chi connectivity index (χ2n) is 4.35. The standard InChI is InChI=1S/C12H16N4OS2/c1-2-7-6-16(3-4-18-7)12-9(11(15)17)10(14)8(5-13)19-12/h7H,2-4,6,14H2,1H3,(H2,15,17). The Balaban J connectivity index is 2.39. The Hall–Kier alpha value is -1.39. The summed E-state index contributed by atoms with van der Waals surface area (Å²) in [4.78, 5) is 14.1. The minimum absolute atomic E-state index is 0.223. The SMILES string of the molecule is CCC1CN(c2sc(C#N)c(N)c2C(N)=O)CCS1. The molecule has 19 heavy (non-hydrogen) atoms. The van der Waals surface area contributed by atoms with E-state index in [-0.39, 0.29) is 5.69 Å². The Morgan fingerprint density at radius 2 is 2.37 bits per heavy atom. The van der Waals surface area contributed by atoms with Crippen molar-refractivity contribution in [2.24, 2.45) is 5.73 Å². The molecule has 1 saturated heterocycles. The molecular weight excluding hydrogens is 280 g/mol. The van der Waals surface area contributed by atoms with Crippen LogP contribution < -0.4 is 16.4 Å². The molecule has 5 nitrogen and oxygen atoms in total. The lowest BCUT2D eigenvalue weighted by atomic mass is 10.2. The van der Waals surface area contributed by atoms with Crippen molar-refractivity contribution >= 4 is 39.7 Å². The molecule has 0 radical (unpaired) electrons. The monoisotopic (exact) mass is 296 g/mol. The first-order valence-corrected chi connectivity index (χ1v) is 7.93. The minimum Gasteiger partial charge on any atom is -0.396 e. The number of thioether (sulfide) groups is 1. The molecule has 0 saturated carbocycles. The summed E-state index contributed by atoms with van der Waals surface area (Å²) >= 11 is 3.21. The summed E-state index contributed by atoms with van der Waals surface area (Å²) in [6.45, 7) is 3.87. The Kier molecular flexibility index (Phi) is 4.22. The Morgan fingerprint density at radius 3 is 2.95 bits per heavy atom. The fourth-order valence-electron chi connectivity index (χ4n) is 2.13. The maximum Gasteiger partial charge on any atom is 0.253 e. The van der Waals surface area contributed by atoms with Crippen LogP contribution in [0.4, 0.5) is 10.7 Å². The van der Waals surface area contributed by atoms with Crippen LogP contribution in [-0.4, -0.2) is 30.0 Å². The van der Waals surface area contributed by atoms with Gasteiger partial charge in [0.2, 0.25) is 0 Å². The Morgan fingerprint density at radius 1 is 1.63 bits per heavy atom. The third-order valence-electron chi connectivity index (χ3n) is 3.16. The van der Waals surface area contributed by atoms with Gasteiger partial charge in [0.25, 0.3) is 5.91 Å². The second-order valence-corrected chi connectivity index (χ2v) is 6.76. The molecule has 1 unspecified atom stereocenters. The van der Waals surface area contributed by atoms with Crippen molar-refractivity contribution in [3.05, 3.63) is 10.4 Å². The van der Waals surface area contributed by atoms with Crippen LogP contribution in [0.15, 0.2) is 0 Å². The molecule has 1 amide bonds. The Bertz CT molecular complexity index is 535. The third-order valence-corrected chi connectivity index (χ3v) is 5.70. The first-order chi connectivity index (χ1) is 9.08. The number of primary amides is 1. The number of nitrogens with two attached hydrogens (primary N) is 2. The quantitative estimate of drug-likeness (QED) is 0.883. The number of nitrogens with zero attached hydrogens (tertiary/aromatic N) is 2. The van der Waals surface area contributed by atoms with Gasteiger partial charge in [-0.2, -0.15) is 17.0 Å². The summed E-state index contributed by atoms with van der Waals surface area (Å²) in [5.41, 5.74) is 11.8. The molecule has 102 valence electrons. The van der Waals surface area contributed by atoms with Crippen LogP contribution in [0.5, 0.6) is 0 Å². The molecule has 0 aromatic carbocycles. The third kappa shape index (κ3) is 2.65. The average Bonchev–Trinajstić information content (AvgIpc) is 2.76. The van der Waals surface area contributed by atoms with Crippen molar-refractivity contribution in [1.82, 2.24) is 0 Å². The summed E-state index contributed by atoms with van der Waals surface area (Å²) in [5, 5.41) is 10.3. The van der Waals surface area contributed by atoms with Crippen molar-refractivity contribution in [3.63, 3.8) is 0 Å². The number of amides is 1. The fraction of sp³-hybridized carbons (Fsp3) is 0.500. The van der Waals surface area contributed by atoms with Crippen LogP contribution in [0.1, 0.15) is 28.6 Å². The number of rotatable bonds is 3. The van der Waals surface area contributed by atoms with Gasteiger partial charge < -0.3 is 16.4 Å². The van der Waals surface area contributed by atoms with Gasteiger partial charge in [-0.05, 0) is 6.42 Å². The van der Waals surface area contributed by atoms with E-state index in [9.17, 15) is 4.79 Å². The summed E-state index contributed by atoms with van der Waals surface area (Å²) in [5.74, 6) is 0.452. The minimum atomic E-state index is -0.559. The zero-order chi connectivity index (χ0) is 14.0. The molecule has 0 spiro atoms. The van der Waals surface area contributed by atoms with Gasteiger partial charge in [-0.3, -0.25) is 4.79 Å². The van der Waals surface area contributed by atoms with Crippen molar-refractivity contribution in [1.29, 1.82) is 5.26 Å². The lowest BCUT2D eigenvalue weighted by Crippen LogP contribution is -2.38. The van der Waals surface area contributed by atoms with E-state index in [0.717, 1.165) is 30.3 Å². The first kappa shape index (κ1) is 14.0. The predicted molar refractivity (Wildman–Crippen MR) is 80.7 cm³/mol. The van der Waals surface area contributed by atoms with Crippen molar-refractivity contribution in [3.8, 4) is 6.07 Å². The normalized spacial score (nSPS) is 19.2. The maximum atomic E-state index is 11.6. The van der Waals surface area contributed by atoms with Crippen LogP contribution in [-0.2, 0) is 0 Å². The van der Waals surface area contributed by atoms with Crippen LogP contribution in [0, 0.1) is 11.3 Å². The lowest BCUT2D eigenvalue weighted by molar-refractivity contribution is 0.100. The molecule has 7 heteroatoms. The van der Waals surface area contributed by atoms with Crippen LogP contribution in [0.25, 0.3) is 0 Å². The average molecular weight is 296 g/mol. The van der Waals surface area contributed by atoms with Gasteiger partial charge >= 0.3 is 0 Å². The smallest absolute Gasteiger partial charge is 0.253 e. The van der Waals surface area contributed by atoms with Crippen LogP contribution in [0.3, 0.4) is 0 Å². The molecule has 1 aliphatic rings. The van der Waals surface area contributed by atoms with Crippen LogP contribution >= 0.6 is 23.1 Å². The second kappa shape index (κ2) is 5.72. The van der Waals surface area contributed by atoms with E-state index in [4.69, 9.17) is 16.7 Å². The largest absolute Gasteiger partial charge is 0.396 e. The van der Waals surface area contributed by atoms with Crippen molar-refractivity contribution < 1.29 is 4.79 Å². The molecule has 1 aromatic rings. The highest BCUT2D eigenvalue weighted by Gasteiger charge is 2.27. The summed E-state index contributed by atoms with van der Waals surface area (Å²) in [7, 11) is 0. The highest BCUT2D eigenvalue weighted by Crippen LogP contribution is 2.39. The predicted octanol–water partition coefficient (Wildman–Crippen LogP) is 1.63. The van der Waals surface area contributed by atoms with Crippen molar-refractivity contribution in [2.45, 2.75) is 18.6 Å². The molecule has 0 bridgehead atoms. The zero-order valence-corrected chi connectivity index (χ0v) is 12.3. The van der Waals surface area contributed by atoms with Crippen molar-refractivity contribution in [2.75, 3.05) is 29.5 Å². The van der Waals surface area contributed by atoms with Crippen LogP contribution in [0.2, 0.25) is 0 Å². The molecule has 4 N–H and O–H groups in total. The number of hydrogen-bond donors (Lipinski definition) is 2. The molecule has 0 aliphatic carbocycles. The molecule has 1 aliphatic heterocycles. The number of carbonyl (C=O) groups is 1. The van der Waals surface area contributed by atoms with E-state index in [1.165, 1.54) is 11.3 Å². The lowest BCUT2D eigenvalue weighted by Gasteiger charge is -2.33. The highest BCUT2D eigenvalue weighted by atomic mass is 32.2. The topological polar surface area (TPSA) is 96.1 Å². The van der Waals surface area contributed by atoms with E-state index in [1.807, 2.05) is 17.8 Å². The molecule has 1 atom stereocenters. The summed E-state index contributed by atoms with van der Waals surface area (Å²) in [6.07, 6.45) is 1.08. The van der Waals surface area contributed by atoms with E-state index in [2.05, 4.69) is 11.8 Å². The van der Waals surface area contributed by atoms with Gasteiger partial charge in [0.15, 0.2) is 0 Å². The molecule has 1 fully saturated rings. The van der Waals surface area contributed by atoms with Gasteiger partial charge in [0, 0.05) is 24.1 Å². The van der Waals surface area contributed by atoms with E-state index in [1.54, 1.807) is 0 Å². The van der Waals surface area contributed by atoms with Gasteiger partial charge in [-0.25, -0.2) is 0 Å². The molecular formula is C12H16N4OS2. The molecule has 1 aromatic heterocycles. The van der Waals surface area contributed by atoms with Gasteiger partial charge in [-0.1, -0.05) is 6.92 Å². The molecule has 2 heterocycles. The van der Waals surface area contributed by atoms with E-state index in [0.29, 0.717) is 15.7 Å². The van der Waals surface area contributed by atoms with E-state index >= 15 is 0 Å².